The fourth-order valence-electron chi connectivity index (χ4n) is 2.04. The molecule has 0 aliphatic carbocycles. The molecule has 2 aromatic carbocycles. The topological polar surface area (TPSA) is 44.5 Å². The van der Waals surface area contributed by atoms with Gasteiger partial charge in [-0.2, -0.15) is 0 Å². The molecule has 4 heteroatoms. The maximum Gasteiger partial charge on any atom is 0.231 e. The van der Waals surface area contributed by atoms with Gasteiger partial charge in [-0.1, -0.05) is 18.2 Å². The van der Waals surface area contributed by atoms with Crippen molar-refractivity contribution in [1.29, 1.82) is 0 Å². The number of ether oxygens (including phenoxy) is 2. The first kappa shape index (κ1) is 11.6. The average molecular weight is 255 g/mol. The van der Waals surface area contributed by atoms with Crippen molar-refractivity contribution in [3.05, 3.63) is 42.5 Å². The van der Waals surface area contributed by atoms with Crippen LogP contribution in [0.25, 0.3) is 22.6 Å². The summed E-state index contributed by atoms with van der Waals surface area (Å²) in [5, 5.41) is 0. The van der Waals surface area contributed by atoms with Crippen molar-refractivity contribution >= 4 is 11.1 Å². The molecule has 0 radical (unpaired) electrons. The fourth-order valence-corrected chi connectivity index (χ4v) is 2.04. The third-order valence-electron chi connectivity index (χ3n) is 2.93. The summed E-state index contributed by atoms with van der Waals surface area (Å²) in [5.74, 6) is 1.80. The van der Waals surface area contributed by atoms with Gasteiger partial charge in [-0.3, -0.25) is 0 Å². The van der Waals surface area contributed by atoms with E-state index in [-0.39, 0.29) is 0 Å². The number of aromatic nitrogens is 1. The normalized spacial score (nSPS) is 10.6. The molecule has 0 spiro atoms. The standard InChI is InChI=1S/C15H13NO3/c1-17-13-9-5-6-10(14(13)18-2)15-16-11-7-3-4-8-12(11)19-15/h3-9H,1-2H3. The zero-order valence-electron chi connectivity index (χ0n) is 10.7. The van der Waals surface area contributed by atoms with E-state index in [4.69, 9.17) is 13.9 Å². The smallest absolute Gasteiger partial charge is 0.231 e. The SMILES string of the molecule is COc1cccc(-c2nc3ccccc3o2)c1OC. The van der Waals surface area contributed by atoms with Gasteiger partial charge in [-0.05, 0) is 24.3 Å². The number of nitrogens with zero attached hydrogens (tertiary/aromatic N) is 1. The Morgan fingerprint density at radius 1 is 0.947 bits per heavy atom. The Hall–Kier alpha value is -2.49. The van der Waals surface area contributed by atoms with Crippen LogP contribution in [0.4, 0.5) is 0 Å². The Labute approximate surface area is 110 Å². The molecule has 3 aromatic rings. The summed E-state index contributed by atoms with van der Waals surface area (Å²) >= 11 is 0. The van der Waals surface area contributed by atoms with Crippen LogP contribution in [-0.4, -0.2) is 19.2 Å². The van der Waals surface area contributed by atoms with Gasteiger partial charge in [-0.15, -0.1) is 0 Å². The van der Waals surface area contributed by atoms with Crippen LogP contribution in [-0.2, 0) is 0 Å². The number of rotatable bonds is 3. The molecule has 3 rings (SSSR count). The zero-order valence-corrected chi connectivity index (χ0v) is 10.7. The van der Waals surface area contributed by atoms with Gasteiger partial charge in [0, 0.05) is 0 Å². The number of hydrogen-bond donors (Lipinski definition) is 0. The quantitative estimate of drug-likeness (QED) is 0.718. The largest absolute Gasteiger partial charge is 0.493 e. The molecule has 0 N–H and O–H groups in total. The van der Waals surface area contributed by atoms with Gasteiger partial charge in [0.15, 0.2) is 17.1 Å². The fraction of sp³-hybridized carbons (Fsp3) is 0.133. The number of hydrogen-bond acceptors (Lipinski definition) is 4. The first-order valence-electron chi connectivity index (χ1n) is 5.90. The molecule has 96 valence electrons. The molecule has 0 atom stereocenters. The van der Waals surface area contributed by atoms with Gasteiger partial charge >= 0.3 is 0 Å². The molecule has 1 heterocycles. The van der Waals surface area contributed by atoms with Crippen molar-refractivity contribution < 1.29 is 13.9 Å². The summed E-state index contributed by atoms with van der Waals surface area (Å²) < 4.78 is 16.4. The van der Waals surface area contributed by atoms with E-state index >= 15 is 0 Å². The number of benzene rings is 2. The highest BCUT2D eigenvalue weighted by molar-refractivity contribution is 5.78. The molecular weight excluding hydrogens is 242 g/mol. The molecule has 4 nitrogen and oxygen atoms in total. The molecule has 0 saturated carbocycles. The predicted octanol–water partition coefficient (Wildman–Crippen LogP) is 3.51. The number of oxazole rings is 1. The molecule has 0 amide bonds. The lowest BCUT2D eigenvalue weighted by atomic mass is 10.2. The van der Waals surface area contributed by atoms with Crippen LogP contribution < -0.4 is 9.47 Å². The minimum absolute atomic E-state index is 0.525. The van der Waals surface area contributed by atoms with Crippen molar-refractivity contribution in [1.82, 2.24) is 4.98 Å². The minimum Gasteiger partial charge on any atom is -0.493 e. The highest BCUT2D eigenvalue weighted by Gasteiger charge is 2.16. The monoisotopic (exact) mass is 255 g/mol. The third-order valence-corrected chi connectivity index (χ3v) is 2.93. The van der Waals surface area contributed by atoms with Gasteiger partial charge in [0.1, 0.15) is 5.52 Å². The number of methoxy groups -OCH3 is 2. The van der Waals surface area contributed by atoms with E-state index in [1.54, 1.807) is 14.2 Å². The summed E-state index contributed by atoms with van der Waals surface area (Å²) in [6.45, 7) is 0. The lowest BCUT2D eigenvalue weighted by Crippen LogP contribution is -1.93. The molecule has 0 saturated heterocycles. The van der Waals surface area contributed by atoms with Crippen molar-refractivity contribution in [2.45, 2.75) is 0 Å². The summed E-state index contributed by atoms with van der Waals surface area (Å²) in [5.41, 5.74) is 2.35. The van der Waals surface area contributed by atoms with Crippen molar-refractivity contribution in [2.75, 3.05) is 14.2 Å². The van der Waals surface area contributed by atoms with Crippen LogP contribution in [0, 0.1) is 0 Å². The molecule has 0 aliphatic heterocycles. The van der Waals surface area contributed by atoms with Crippen LogP contribution in [0.5, 0.6) is 11.5 Å². The summed E-state index contributed by atoms with van der Waals surface area (Å²) in [7, 11) is 3.21. The van der Waals surface area contributed by atoms with Crippen molar-refractivity contribution in [3.63, 3.8) is 0 Å². The van der Waals surface area contributed by atoms with Gasteiger partial charge in [-0.25, -0.2) is 4.98 Å². The first-order chi connectivity index (χ1) is 9.33. The minimum atomic E-state index is 0.525. The lowest BCUT2D eigenvalue weighted by molar-refractivity contribution is 0.355. The Morgan fingerprint density at radius 2 is 1.79 bits per heavy atom. The van der Waals surface area contributed by atoms with E-state index in [2.05, 4.69) is 4.98 Å². The molecule has 0 aliphatic rings. The number of para-hydroxylation sites is 3. The maximum absolute atomic E-state index is 5.75. The van der Waals surface area contributed by atoms with E-state index in [1.807, 2.05) is 42.5 Å². The van der Waals surface area contributed by atoms with Crippen LogP contribution >= 0.6 is 0 Å². The van der Waals surface area contributed by atoms with E-state index in [9.17, 15) is 0 Å². The van der Waals surface area contributed by atoms with Gasteiger partial charge in [0.25, 0.3) is 0 Å². The molecule has 1 aromatic heterocycles. The summed E-state index contributed by atoms with van der Waals surface area (Å²) in [4.78, 5) is 4.46. The predicted molar refractivity (Wildman–Crippen MR) is 72.5 cm³/mol. The maximum atomic E-state index is 5.75. The number of fused-ring (bicyclic) bond motifs is 1. The zero-order chi connectivity index (χ0) is 13.2. The van der Waals surface area contributed by atoms with Crippen LogP contribution in [0.2, 0.25) is 0 Å². The van der Waals surface area contributed by atoms with E-state index in [0.717, 1.165) is 16.7 Å². The third kappa shape index (κ3) is 1.91. The molecule has 0 bridgehead atoms. The van der Waals surface area contributed by atoms with Gasteiger partial charge in [0.2, 0.25) is 5.89 Å². The van der Waals surface area contributed by atoms with Gasteiger partial charge < -0.3 is 13.9 Å². The second-order valence-electron chi connectivity index (χ2n) is 4.03. The Kier molecular flexibility index (Phi) is 2.83. The van der Waals surface area contributed by atoms with E-state index in [0.29, 0.717) is 17.4 Å². The highest BCUT2D eigenvalue weighted by Crippen LogP contribution is 2.38. The Bertz CT molecular complexity index is 685. The summed E-state index contributed by atoms with van der Waals surface area (Å²) in [6.07, 6.45) is 0. The molecule has 0 unspecified atom stereocenters. The second-order valence-corrected chi connectivity index (χ2v) is 4.03. The molecule has 0 fully saturated rings. The Morgan fingerprint density at radius 3 is 2.53 bits per heavy atom. The van der Waals surface area contributed by atoms with E-state index in [1.165, 1.54) is 0 Å². The second kappa shape index (κ2) is 4.65. The van der Waals surface area contributed by atoms with Crippen molar-refractivity contribution in [3.8, 4) is 23.0 Å². The Balaban J connectivity index is 2.20. The average Bonchev–Trinajstić information content (AvgIpc) is 2.89. The highest BCUT2D eigenvalue weighted by atomic mass is 16.5. The van der Waals surface area contributed by atoms with Crippen LogP contribution in [0.15, 0.2) is 46.9 Å². The van der Waals surface area contributed by atoms with Crippen molar-refractivity contribution in [2.24, 2.45) is 0 Å². The molecular formula is C15H13NO3. The summed E-state index contributed by atoms with van der Waals surface area (Å²) in [6, 6.07) is 13.3. The lowest BCUT2D eigenvalue weighted by Gasteiger charge is -2.09. The van der Waals surface area contributed by atoms with Gasteiger partial charge in [0.05, 0.1) is 19.8 Å². The molecule has 19 heavy (non-hydrogen) atoms. The van der Waals surface area contributed by atoms with Crippen LogP contribution in [0.3, 0.4) is 0 Å². The van der Waals surface area contributed by atoms with E-state index < -0.39 is 0 Å². The first-order valence-corrected chi connectivity index (χ1v) is 5.90. The van der Waals surface area contributed by atoms with Crippen LogP contribution in [0.1, 0.15) is 0 Å².